The summed E-state index contributed by atoms with van der Waals surface area (Å²) < 4.78 is 5.55. The molecule has 21 heavy (non-hydrogen) atoms. The molecule has 114 valence electrons. The number of hydrogen-bond donors (Lipinski definition) is 1. The second-order valence-corrected chi connectivity index (χ2v) is 6.65. The van der Waals surface area contributed by atoms with Gasteiger partial charge in [0.2, 0.25) is 0 Å². The highest BCUT2D eigenvalue weighted by Crippen LogP contribution is 2.26. The van der Waals surface area contributed by atoms with E-state index in [1.54, 1.807) is 6.26 Å². The molecule has 2 aromatic rings. The van der Waals surface area contributed by atoms with Crippen molar-refractivity contribution in [2.45, 2.75) is 39.0 Å². The van der Waals surface area contributed by atoms with Gasteiger partial charge in [-0.2, -0.15) is 0 Å². The van der Waals surface area contributed by atoms with Gasteiger partial charge in [-0.25, -0.2) is 0 Å². The molecule has 1 amide bonds. The Hall–Kier alpha value is -1.55. The van der Waals surface area contributed by atoms with Crippen molar-refractivity contribution in [2.75, 3.05) is 6.54 Å². The maximum absolute atomic E-state index is 11.9. The molecule has 0 aliphatic rings. The van der Waals surface area contributed by atoms with E-state index in [1.165, 1.54) is 17.8 Å². The Balaban J connectivity index is 1.83. The summed E-state index contributed by atoms with van der Waals surface area (Å²) in [6.45, 7) is 5.15. The predicted molar refractivity (Wildman–Crippen MR) is 86.8 cm³/mol. The number of furan rings is 1. The average Bonchev–Trinajstić information content (AvgIpc) is 3.13. The molecule has 0 spiro atoms. The smallest absolute Gasteiger partial charge is 0.261 e. The molecule has 2 aromatic heterocycles. The summed E-state index contributed by atoms with van der Waals surface area (Å²) in [7, 11) is 0. The Bertz CT molecular complexity index is 517. The number of carbonyl (C=O) groups excluding carboxylic acids is 1. The summed E-state index contributed by atoms with van der Waals surface area (Å²) in [6, 6.07) is 7.71. The second kappa shape index (κ2) is 8.03. The number of carbonyl (C=O) groups is 1. The van der Waals surface area contributed by atoms with Gasteiger partial charge in [-0.1, -0.05) is 26.3 Å². The van der Waals surface area contributed by atoms with Gasteiger partial charge in [0.1, 0.15) is 5.76 Å². The van der Waals surface area contributed by atoms with Crippen molar-refractivity contribution >= 4 is 17.2 Å². The van der Waals surface area contributed by atoms with Crippen LogP contribution >= 0.6 is 11.3 Å². The number of amides is 1. The molecule has 1 atom stereocenters. The van der Waals surface area contributed by atoms with Crippen LogP contribution in [0.2, 0.25) is 0 Å². The maximum atomic E-state index is 11.9. The zero-order valence-corrected chi connectivity index (χ0v) is 13.5. The summed E-state index contributed by atoms with van der Waals surface area (Å²) in [5.74, 6) is 2.11. The average molecular weight is 305 g/mol. The van der Waals surface area contributed by atoms with E-state index in [9.17, 15) is 4.79 Å². The van der Waals surface area contributed by atoms with E-state index in [4.69, 9.17) is 4.42 Å². The van der Waals surface area contributed by atoms with Crippen molar-refractivity contribution < 1.29 is 9.21 Å². The molecule has 3 nitrogen and oxygen atoms in total. The van der Waals surface area contributed by atoms with Crippen molar-refractivity contribution in [1.82, 2.24) is 5.32 Å². The van der Waals surface area contributed by atoms with E-state index in [-0.39, 0.29) is 5.91 Å². The molecule has 0 saturated carbocycles. The molecule has 2 heterocycles. The third-order valence-electron chi connectivity index (χ3n) is 3.56. The quantitative estimate of drug-likeness (QED) is 0.769. The van der Waals surface area contributed by atoms with E-state index in [1.807, 2.05) is 29.6 Å². The lowest BCUT2D eigenvalue weighted by Gasteiger charge is -2.16. The lowest BCUT2D eigenvalue weighted by molar-refractivity contribution is 0.0956. The highest BCUT2D eigenvalue weighted by Gasteiger charge is 2.15. The number of hydrogen-bond acceptors (Lipinski definition) is 3. The Kier molecular flexibility index (Phi) is 6.05. The van der Waals surface area contributed by atoms with Crippen LogP contribution in [0.3, 0.4) is 0 Å². The Morgan fingerprint density at radius 2 is 2.10 bits per heavy atom. The predicted octanol–water partition coefficient (Wildman–Crippen LogP) is 4.68. The van der Waals surface area contributed by atoms with E-state index in [0.717, 1.165) is 23.5 Å². The molecule has 0 aliphatic heterocycles. The minimum absolute atomic E-state index is 0.0204. The molecule has 2 rings (SSSR count). The zero-order valence-electron chi connectivity index (χ0n) is 12.7. The molecule has 4 heteroatoms. The standard InChI is InChI=1S/C17H23NO2S/c1-13(2)7-8-14(15-5-3-11-20-15)9-10-18-17(19)16-6-4-12-21-16/h3-6,11-14H,7-10H2,1-2H3,(H,18,19)/t14-/m1/s1. The van der Waals surface area contributed by atoms with Crippen LogP contribution in [-0.4, -0.2) is 12.5 Å². The van der Waals surface area contributed by atoms with E-state index in [2.05, 4.69) is 19.2 Å². The Morgan fingerprint density at radius 1 is 1.24 bits per heavy atom. The first-order chi connectivity index (χ1) is 10.2. The minimum atomic E-state index is 0.0204. The maximum Gasteiger partial charge on any atom is 0.261 e. The van der Waals surface area contributed by atoms with Crippen molar-refractivity contribution in [2.24, 2.45) is 5.92 Å². The van der Waals surface area contributed by atoms with Crippen molar-refractivity contribution in [3.8, 4) is 0 Å². The van der Waals surface area contributed by atoms with Crippen LogP contribution in [0.4, 0.5) is 0 Å². The van der Waals surface area contributed by atoms with Crippen LogP contribution in [0, 0.1) is 5.92 Å². The van der Waals surface area contributed by atoms with Crippen LogP contribution in [0.25, 0.3) is 0 Å². The van der Waals surface area contributed by atoms with E-state index < -0.39 is 0 Å². The fourth-order valence-corrected chi connectivity index (χ4v) is 2.98. The van der Waals surface area contributed by atoms with E-state index >= 15 is 0 Å². The number of thiophene rings is 1. The van der Waals surface area contributed by atoms with Gasteiger partial charge >= 0.3 is 0 Å². The van der Waals surface area contributed by atoms with Gasteiger partial charge in [-0.3, -0.25) is 4.79 Å². The zero-order chi connectivity index (χ0) is 15.1. The first-order valence-electron chi connectivity index (χ1n) is 7.52. The number of nitrogens with one attached hydrogen (secondary N) is 1. The second-order valence-electron chi connectivity index (χ2n) is 5.71. The van der Waals surface area contributed by atoms with Gasteiger partial charge in [0.05, 0.1) is 11.1 Å². The van der Waals surface area contributed by atoms with Gasteiger partial charge in [-0.05, 0) is 42.3 Å². The fourth-order valence-electron chi connectivity index (χ4n) is 2.34. The lowest BCUT2D eigenvalue weighted by atomic mass is 9.93. The van der Waals surface area contributed by atoms with Crippen LogP contribution in [-0.2, 0) is 0 Å². The molecule has 0 unspecified atom stereocenters. The Labute approximate surface area is 130 Å². The van der Waals surface area contributed by atoms with E-state index in [0.29, 0.717) is 18.4 Å². The van der Waals surface area contributed by atoms with Crippen molar-refractivity contribution in [3.05, 3.63) is 46.5 Å². The fraction of sp³-hybridized carbons (Fsp3) is 0.471. The first kappa shape index (κ1) is 15.8. The molecular formula is C17H23NO2S. The highest BCUT2D eigenvalue weighted by atomic mass is 32.1. The molecule has 0 aromatic carbocycles. The summed E-state index contributed by atoms with van der Waals surface area (Å²) in [4.78, 5) is 12.7. The molecule has 0 saturated heterocycles. The molecule has 0 fully saturated rings. The molecular weight excluding hydrogens is 282 g/mol. The van der Waals surface area contributed by atoms with Crippen LogP contribution in [0.15, 0.2) is 40.3 Å². The summed E-state index contributed by atoms with van der Waals surface area (Å²) >= 11 is 1.47. The van der Waals surface area contributed by atoms with Gasteiger partial charge < -0.3 is 9.73 Å². The van der Waals surface area contributed by atoms with Crippen molar-refractivity contribution in [3.63, 3.8) is 0 Å². The topological polar surface area (TPSA) is 42.2 Å². The lowest BCUT2D eigenvalue weighted by Crippen LogP contribution is -2.24. The van der Waals surface area contributed by atoms with Gasteiger partial charge in [0.25, 0.3) is 5.91 Å². The highest BCUT2D eigenvalue weighted by molar-refractivity contribution is 7.12. The summed E-state index contributed by atoms with van der Waals surface area (Å²) in [5, 5.41) is 4.91. The molecule has 0 aliphatic carbocycles. The first-order valence-corrected chi connectivity index (χ1v) is 8.40. The van der Waals surface area contributed by atoms with Crippen LogP contribution in [0.5, 0.6) is 0 Å². The Morgan fingerprint density at radius 3 is 2.71 bits per heavy atom. The molecule has 0 bridgehead atoms. The normalized spacial score (nSPS) is 12.5. The van der Waals surface area contributed by atoms with Crippen LogP contribution < -0.4 is 5.32 Å². The monoisotopic (exact) mass is 305 g/mol. The molecule has 0 radical (unpaired) electrons. The summed E-state index contributed by atoms with van der Waals surface area (Å²) in [5.41, 5.74) is 0. The third-order valence-corrected chi connectivity index (χ3v) is 4.43. The number of rotatable bonds is 8. The van der Waals surface area contributed by atoms with Gasteiger partial charge in [-0.15, -0.1) is 11.3 Å². The SMILES string of the molecule is CC(C)CC[C@H](CCNC(=O)c1cccs1)c1ccco1. The van der Waals surface area contributed by atoms with Gasteiger partial charge in [0, 0.05) is 12.5 Å². The minimum Gasteiger partial charge on any atom is -0.469 e. The van der Waals surface area contributed by atoms with Crippen LogP contribution in [0.1, 0.15) is 54.5 Å². The molecule has 1 N–H and O–H groups in total. The summed E-state index contributed by atoms with van der Waals surface area (Å²) in [6.07, 6.45) is 4.91. The third kappa shape index (κ3) is 5.05. The van der Waals surface area contributed by atoms with Gasteiger partial charge in [0.15, 0.2) is 0 Å². The van der Waals surface area contributed by atoms with Crippen molar-refractivity contribution in [1.29, 1.82) is 0 Å². The largest absolute Gasteiger partial charge is 0.469 e.